The van der Waals surface area contributed by atoms with E-state index in [9.17, 15) is 13.2 Å². The van der Waals surface area contributed by atoms with Crippen molar-refractivity contribution >= 4 is 46.1 Å². The molecule has 0 radical (unpaired) electrons. The highest BCUT2D eigenvalue weighted by molar-refractivity contribution is 14.0. The molecule has 0 bridgehead atoms. The average Bonchev–Trinajstić information content (AvgIpc) is 2.38. The van der Waals surface area contributed by atoms with Crippen LogP contribution in [-0.2, 0) is 14.8 Å². The second-order valence-corrected chi connectivity index (χ2v) is 8.84. The van der Waals surface area contributed by atoms with Crippen molar-refractivity contribution in [1.29, 1.82) is 0 Å². The highest BCUT2D eigenvalue weighted by atomic mass is 127. The summed E-state index contributed by atoms with van der Waals surface area (Å²) in [6.07, 6.45) is 1.44. The van der Waals surface area contributed by atoms with Crippen molar-refractivity contribution in [2.24, 2.45) is 4.99 Å². The van der Waals surface area contributed by atoms with Crippen molar-refractivity contribution in [2.75, 3.05) is 39.0 Å². The first kappa shape index (κ1) is 25.2. The van der Waals surface area contributed by atoms with Crippen LogP contribution < -0.4 is 15.4 Å². The van der Waals surface area contributed by atoms with Crippen molar-refractivity contribution in [3.63, 3.8) is 0 Å². The van der Waals surface area contributed by atoms with E-state index in [0.29, 0.717) is 38.6 Å². The zero-order valence-electron chi connectivity index (χ0n) is 16.2. The quantitative estimate of drug-likeness (QED) is 0.204. The lowest BCUT2D eigenvalue weighted by molar-refractivity contribution is 0.00700. The molecule has 3 N–H and O–H groups in total. The minimum absolute atomic E-state index is 0. The summed E-state index contributed by atoms with van der Waals surface area (Å²) < 4.78 is 29.7. The normalized spacial score (nSPS) is 15.7. The van der Waals surface area contributed by atoms with Gasteiger partial charge < -0.3 is 20.3 Å². The van der Waals surface area contributed by atoms with Crippen molar-refractivity contribution in [3.05, 3.63) is 0 Å². The number of carbonyl (C=O) groups excluding carboxylic acids is 1. The minimum Gasteiger partial charge on any atom is -0.444 e. The Morgan fingerprint density at radius 3 is 2.42 bits per heavy atom. The molecule has 11 heteroatoms. The van der Waals surface area contributed by atoms with Gasteiger partial charge in [-0.05, 0) is 34.1 Å². The lowest BCUT2D eigenvalue weighted by Crippen LogP contribution is -2.63. The van der Waals surface area contributed by atoms with Crippen LogP contribution in [0.25, 0.3) is 0 Å². The zero-order valence-corrected chi connectivity index (χ0v) is 19.3. The molecule has 0 spiro atoms. The van der Waals surface area contributed by atoms with Gasteiger partial charge in [-0.25, -0.2) is 17.9 Å². The van der Waals surface area contributed by atoms with Gasteiger partial charge >= 0.3 is 6.09 Å². The van der Waals surface area contributed by atoms with Gasteiger partial charge in [-0.1, -0.05) is 0 Å². The lowest BCUT2D eigenvalue weighted by Gasteiger charge is -2.40. The SMILES string of the molecule is CCNC(=NCCCNS(C)(=O)=O)NC1CN(C(=O)OC(C)(C)C)C1.I. The number of halogens is 1. The number of carbonyl (C=O) groups is 1. The number of hydrogen-bond acceptors (Lipinski definition) is 5. The van der Waals surface area contributed by atoms with E-state index in [1.807, 2.05) is 27.7 Å². The summed E-state index contributed by atoms with van der Waals surface area (Å²) in [5, 5.41) is 6.40. The highest BCUT2D eigenvalue weighted by Crippen LogP contribution is 2.15. The van der Waals surface area contributed by atoms with Crippen LogP contribution in [0.4, 0.5) is 4.79 Å². The van der Waals surface area contributed by atoms with Gasteiger partial charge in [0.05, 0.1) is 12.3 Å². The molecule has 0 aromatic heterocycles. The summed E-state index contributed by atoms with van der Waals surface area (Å²) in [5.74, 6) is 0.663. The summed E-state index contributed by atoms with van der Waals surface area (Å²) in [6, 6.07) is 0.125. The molecule has 1 aliphatic heterocycles. The molecule has 1 rings (SSSR count). The zero-order chi connectivity index (χ0) is 19.1. The predicted molar refractivity (Wildman–Crippen MR) is 114 cm³/mol. The number of hydrogen-bond donors (Lipinski definition) is 3. The smallest absolute Gasteiger partial charge is 0.410 e. The molecule has 1 aliphatic rings. The largest absolute Gasteiger partial charge is 0.444 e. The van der Waals surface area contributed by atoms with Gasteiger partial charge in [0.25, 0.3) is 0 Å². The summed E-state index contributed by atoms with van der Waals surface area (Å²) >= 11 is 0. The summed E-state index contributed by atoms with van der Waals surface area (Å²) in [6.45, 7) is 10.2. The van der Waals surface area contributed by atoms with E-state index < -0.39 is 15.6 Å². The van der Waals surface area contributed by atoms with Gasteiger partial charge in [-0.2, -0.15) is 0 Å². The molecule has 26 heavy (non-hydrogen) atoms. The molecular weight excluding hydrogens is 473 g/mol. The standard InChI is InChI=1S/C15H31N5O4S.HI/c1-6-16-13(17-8-7-9-18-25(5,22)23)19-12-10-20(11-12)14(21)24-15(2,3)4;/h12,18H,6-11H2,1-5H3,(H2,16,17,19);1H. The Labute approximate surface area is 173 Å². The van der Waals surface area contributed by atoms with Gasteiger partial charge in [-0.15, -0.1) is 24.0 Å². The molecule has 1 amide bonds. The molecule has 0 unspecified atom stereocenters. The second kappa shape index (κ2) is 11.1. The number of nitrogens with zero attached hydrogens (tertiary/aromatic N) is 2. The Balaban J connectivity index is 0.00000625. The van der Waals surface area contributed by atoms with Crippen LogP contribution in [0.15, 0.2) is 4.99 Å². The Hall–Kier alpha value is -0.820. The van der Waals surface area contributed by atoms with Gasteiger partial charge in [-0.3, -0.25) is 4.99 Å². The van der Waals surface area contributed by atoms with E-state index in [1.54, 1.807) is 4.90 Å². The van der Waals surface area contributed by atoms with Crippen molar-refractivity contribution in [2.45, 2.75) is 45.8 Å². The van der Waals surface area contributed by atoms with Crippen LogP contribution in [0, 0.1) is 0 Å². The third-order valence-corrected chi connectivity index (χ3v) is 3.92. The molecule has 0 atom stereocenters. The first-order valence-electron chi connectivity index (χ1n) is 8.47. The molecule has 0 aromatic carbocycles. The predicted octanol–water partition coefficient (Wildman–Crippen LogP) is 0.718. The van der Waals surface area contributed by atoms with E-state index in [2.05, 4.69) is 20.3 Å². The van der Waals surface area contributed by atoms with Crippen LogP contribution in [0.3, 0.4) is 0 Å². The maximum absolute atomic E-state index is 11.9. The number of sulfonamides is 1. The molecular formula is C15H32IN5O4S. The fraction of sp³-hybridized carbons (Fsp3) is 0.867. The summed E-state index contributed by atoms with van der Waals surface area (Å²) in [4.78, 5) is 17.9. The van der Waals surface area contributed by atoms with Gasteiger partial charge in [0, 0.05) is 32.7 Å². The Bertz CT molecular complexity index is 571. The molecule has 0 saturated carbocycles. The number of ether oxygens (including phenoxy) is 1. The third kappa shape index (κ3) is 11.0. The number of guanidine groups is 1. The first-order chi connectivity index (χ1) is 11.5. The van der Waals surface area contributed by atoms with Gasteiger partial charge in [0.15, 0.2) is 5.96 Å². The summed E-state index contributed by atoms with van der Waals surface area (Å²) in [5.41, 5.74) is -0.494. The number of aliphatic imine (C=N–C) groups is 1. The second-order valence-electron chi connectivity index (χ2n) is 7.01. The van der Waals surface area contributed by atoms with Crippen LogP contribution in [0.5, 0.6) is 0 Å². The molecule has 1 saturated heterocycles. The molecule has 9 nitrogen and oxygen atoms in total. The van der Waals surface area contributed by atoms with Gasteiger partial charge in [0.1, 0.15) is 5.60 Å². The Morgan fingerprint density at radius 2 is 1.92 bits per heavy atom. The van der Waals surface area contributed by atoms with E-state index in [0.717, 1.165) is 12.8 Å². The van der Waals surface area contributed by atoms with E-state index >= 15 is 0 Å². The van der Waals surface area contributed by atoms with E-state index in [1.165, 1.54) is 0 Å². The van der Waals surface area contributed by atoms with Crippen LogP contribution in [0.2, 0.25) is 0 Å². The number of amides is 1. The van der Waals surface area contributed by atoms with Crippen LogP contribution >= 0.6 is 24.0 Å². The Kier molecular flexibility index (Phi) is 10.8. The van der Waals surface area contributed by atoms with Crippen molar-refractivity contribution in [3.8, 4) is 0 Å². The van der Waals surface area contributed by atoms with Crippen LogP contribution in [-0.4, -0.2) is 76.0 Å². The lowest BCUT2D eigenvalue weighted by atomic mass is 10.1. The summed E-state index contributed by atoms with van der Waals surface area (Å²) in [7, 11) is -3.16. The number of likely N-dealkylation sites (tertiary alicyclic amines) is 1. The number of nitrogens with one attached hydrogen (secondary N) is 3. The minimum atomic E-state index is -3.16. The number of rotatable bonds is 7. The van der Waals surface area contributed by atoms with Crippen molar-refractivity contribution < 1.29 is 17.9 Å². The topological polar surface area (TPSA) is 112 Å². The van der Waals surface area contributed by atoms with Crippen molar-refractivity contribution in [1.82, 2.24) is 20.3 Å². The molecule has 0 aromatic rings. The molecule has 154 valence electrons. The highest BCUT2D eigenvalue weighted by Gasteiger charge is 2.34. The van der Waals surface area contributed by atoms with E-state index in [-0.39, 0.29) is 36.1 Å². The average molecular weight is 505 g/mol. The maximum atomic E-state index is 11.9. The monoisotopic (exact) mass is 505 g/mol. The molecule has 0 aliphatic carbocycles. The Morgan fingerprint density at radius 1 is 1.31 bits per heavy atom. The maximum Gasteiger partial charge on any atom is 0.410 e. The fourth-order valence-electron chi connectivity index (χ4n) is 2.09. The van der Waals surface area contributed by atoms with Gasteiger partial charge in [0.2, 0.25) is 10.0 Å². The van der Waals surface area contributed by atoms with E-state index in [4.69, 9.17) is 4.74 Å². The van der Waals surface area contributed by atoms with Crippen LogP contribution in [0.1, 0.15) is 34.1 Å². The fourth-order valence-corrected chi connectivity index (χ4v) is 2.60. The molecule has 1 heterocycles. The first-order valence-corrected chi connectivity index (χ1v) is 10.4. The third-order valence-electron chi connectivity index (χ3n) is 3.19. The molecule has 1 fully saturated rings.